The van der Waals surface area contributed by atoms with Crippen molar-refractivity contribution >= 4 is 11.9 Å². The van der Waals surface area contributed by atoms with E-state index in [0.717, 1.165) is 0 Å². The Bertz CT molecular complexity index is 510. The molecule has 0 fully saturated rings. The molecule has 5 nitrogen and oxygen atoms in total. The quantitative estimate of drug-likeness (QED) is 0.438. The van der Waals surface area contributed by atoms with E-state index in [1.165, 1.54) is 6.92 Å². The van der Waals surface area contributed by atoms with Crippen molar-refractivity contribution in [3.63, 3.8) is 0 Å². The van der Waals surface area contributed by atoms with Crippen LogP contribution in [0.3, 0.4) is 0 Å². The fourth-order valence-electron chi connectivity index (χ4n) is 2.22. The molecule has 2 atom stereocenters. The Hall–Kier alpha value is -1.88. The number of rotatable bonds is 9. The van der Waals surface area contributed by atoms with Crippen LogP contribution in [0.5, 0.6) is 0 Å². The van der Waals surface area contributed by atoms with E-state index in [4.69, 9.17) is 9.47 Å². The third kappa shape index (κ3) is 22.2. The summed E-state index contributed by atoms with van der Waals surface area (Å²) in [4.78, 5) is 21.9. The Kier molecular flexibility index (Phi) is 16.3. The van der Waals surface area contributed by atoms with Gasteiger partial charge >= 0.3 is 11.9 Å². The summed E-state index contributed by atoms with van der Waals surface area (Å²) in [7, 11) is 0. The standard InChI is InChI=1S/C17H28O3.C6H12O2/c1-5-6-7-8-9-10-11-20-17(19)15(4)13-16(18)12-14(2)3;1-5(7)8-6(2,3)4/h5-10,14-16,18H,11-13H2,1-4H3;1-4H3/b6-5-,8-7-,10-9+;. The molecule has 0 aliphatic carbocycles. The zero-order valence-corrected chi connectivity index (χ0v) is 18.9. The van der Waals surface area contributed by atoms with Gasteiger partial charge in [-0.3, -0.25) is 9.59 Å². The summed E-state index contributed by atoms with van der Waals surface area (Å²) in [6, 6.07) is 0. The molecule has 2 unspecified atom stereocenters. The molecule has 0 saturated heterocycles. The van der Waals surface area contributed by atoms with Gasteiger partial charge in [-0.2, -0.15) is 0 Å². The highest BCUT2D eigenvalue weighted by atomic mass is 16.6. The molecule has 0 aromatic rings. The number of carbonyl (C=O) groups is 2. The molecule has 0 radical (unpaired) electrons. The first-order valence-corrected chi connectivity index (χ1v) is 9.87. The van der Waals surface area contributed by atoms with Crippen LogP contribution >= 0.6 is 0 Å². The summed E-state index contributed by atoms with van der Waals surface area (Å²) in [6.45, 7) is 15.1. The van der Waals surface area contributed by atoms with E-state index >= 15 is 0 Å². The average molecular weight is 397 g/mol. The lowest BCUT2D eigenvalue weighted by Crippen LogP contribution is -2.21. The van der Waals surface area contributed by atoms with Gasteiger partial charge in [0.15, 0.2) is 0 Å². The number of hydrogen-bond donors (Lipinski definition) is 1. The van der Waals surface area contributed by atoms with E-state index in [-0.39, 0.29) is 30.1 Å². The van der Waals surface area contributed by atoms with E-state index in [1.807, 2.05) is 58.1 Å². The van der Waals surface area contributed by atoms with Crippen LogP contribution in [0.1, 0.15) is 68.2 Å². The van der Waals surface area contributed by atoms with Gasteiger partial charge in [0.1, 0.15) is 12.2 Å². The van der Waals surface area contributed by atoms with Crippen LogP contribution < -0.4 is 0 Å². The van der Waals surface area contributed by atoms with Gasteiger partial charge in [-0.15, -0.1) is 0 Å². The topological polar surface area (TPSA) is 72.8 Å². The maximum absolute atomic E-state index is 11.7. The molecule has 1 N–H and O–H groups in total. The molecule has 5 heteroatoms. The second-order valence-electron chi connectivity index (χ2n) is 8.10. The normalized spacial score (nSPS) is 14.2. The molecule has 0 saturated carbocycles. The van der Waals surface area contributed by atoms with Crippen LogP contribution in [-0.2, 0) is 19.1 Å². The van der Waals surface area contributed by atoms with Crippen molar-refractivity contribution in [2.75, 3.05) is 6.61 Å². The van der Waals surface area contributed by atoms with Crippen molar-refractivity contribution in [3.05, 3.63) is 36.5 Å². The average Bonchev–Trinajstić information content (AvgIpc) is 2.51. The van der Waals surface area contributed by atoms with Gasteiger partial charge in [0.05, 0.1) is 12.0 Å². The summed E-state index contributed by atoms with van der Waals surface area (Å²) in [6.07, 6.45) is 12.0. The highest BCUT2D eigenvalue weighted by Gasteiger charge is 2.19. The minimum absolute atomic E-state index is 0.225. The summed E-state index contributed by atoms with van der Waals surface area (Å²) in [5.41, 5.74) is -0.328. The Morgan fingerprint density at radius 3 is 2.00 bits per heavy atom. The molecular weight excluding hydrogens is 356 g/mol. The number of esters is 2. The predicted molar refractivity (Wildman–Crippen MR) is 115 cm³/mol. The number of aliphatic hydroxyl groups is 1. The second kappa shape index (κ2) is 16.1. The zero-order chi connectivity index (χ0) is 22.2. The Morgan fingerprint density at radius 1 is 1.00 bits per heavy atom. The molecule has 0 aliphatic rings. The Labute approximate surface area is 171 Å². The molecule has 0 aliphatic heterocycles. The van der Waals surface area contributed by atoms with Crippen molar-refractivity contribution in [1.82, 2.24) is 0 Å². The van der Waals surface area contributed by atoms with Crippen LogP contribution in [0.4, 0.5) is 0 Å². The summed E-state index contributed by atoms with van der Waals surface area (Å²) in [5, 5.41) is 9.79. The maximum atomic E-state index is 11.7. The molecule has 0 spiro atoms. The van der Waals surface area contributed by atoms with Gasteiger partial charge in [-0.25, -0.2) is 0 Å². The lowest BCUT2D eigenvalue weighted by Gasteiger charge is -2.17. The SMILES string of the molecule is CC(=O)OC(C)(C)C.C\C=C/C=C\C=C\COC(=O)C(C)CC(O)CC(C)C. The van der Waals surface area contributed by atoms with Crippen LogP contribution in [0, 0.1) is 11.8 Å². The van der Waals surface area contributed by atoms with Gasteiger partial charge in [-0.1, -0.05) is 51.2 Å². The first-order valence-electron chi connectivity index (χ1n) is 9.87. The van der Waals surface area contributed by atoms with Crippen molar-refractivity contribution in [2.45, 2.75) is 79.9 Å². The van der Waals surface area contributed by atoms with Crippen LogP contribution in [0.15, 0.2) is 36.5 Å². The first-order chi connectivity index (χ1) is 12.9. The highest BCUT2D eigenvalue weighted by molar-refractivity contribution is 5.72. The van der Waals surface area contributed by atoms with Gasteiger partial charge in [0, 0.05) is 6.92 Å². The second-order valence-corrected chi connectivity index (χ2v) is 8.10. The number of aliphatic hydroxyl groups excluding tert-OH is 1. The predicted octanol–water partition coefficient (Wildman–Crippen LogP) is 5.00. The van der Waals surface area contributed by atoms with E-state index in [0.29, 0.717) is 18.8 Å². The molecule has 0 amide bonds. The third-order valence-corrected chi connectivity index (χ3v) is 3.21. The van der Waals surface area contributed by atoms with E-state index in [2.05, 4.69) is 13.8 Å². The summed E-state index contributed by atoms with van der Waals surface area (Å²) < 4.78 is 9.93. The minimum Gasteiger partial charge on any atom is -0.461 e. The number of allylic oxidation sites excluding steroid dienone is 5. The molecular formula is C23H40O5. The smallest absolute Gasteiger partial charge is 0.309 e. The van der Waals surface area contributed by atoms with Crippen molar-refractivity contribution in [3.8, 4) is 0 Å². The monoisotopic (exact) mass is 396 g/mol. The van der Waals surface area contributed by atoms with Gasteiger partial charge in [0.2, 0.25) is 0 Å². The molecule has 0 aromatic heterocycles. The fraction of sp³-hybridized carbons (Fsp3) is 0.652. The first kappa shape index (κ1) is 28.3. The number of hydrogen-bond acceptors (Lipinski definition) is 5. The van der Waals surface area contributed by atoms with Crippen molar-refractivity contribution in [1.29, 1.82) is 0 Å². The summed E-state index contributed by atoms with van der Waals surface area (Å²) >= 11 is 0. The molecule has 0 rings (SSSR count). The largest absolute Gasteiger partial charge is 0.461 e. The zero-order valence-electron chi connectivity index (χ0n) is 18.9. The minimum atomic E-state index is -0.433. The van der Waals surface area contributed by atoms with Crippen molar-refractivity contribution < 1.29 is 24.2 Å². The lowest BCUT2D eigenvalue weighted by molar-refractivity contribution is -0.152. The molecule has 0 heterocycles. The summed E-state index contributed by atoms with van der Waals surface area (Å²) in [5.74, 6) is -0.316. The maximum Gasteiger partial charge on any atom is 0.309 e. The van der Waals surface area contributed by atoms with Crippen LogP contribution in [0.2, 0.25) is 0 Å². The van der Waals surface area contributed by atoms with E-state index in [9.17, 15) is 14.7 Å². The molecule has 0 bridgehead atoms. The fourth-order valence-corrected chi connectivity index (χ4v) is 2.22. The Balaban J connectivity index is 0. The van der Waals surface area contributed by atoms with Crippen molar-refractivity contribution in [2.24, 2.45) is 11.8 Å². The molecule has 162 valence electrons. The van der Waals surface area contributed by atoms with Gasteiger partial charge in [0.25, 0.3) is 0 Å². The van der Waals surface area contributed by atoms with E-state index in [1.54, 1.807) is 13.0 Å². The molecule has 0 aromatic carbocycles. The van der Waals surface area contributed by atoms with Gasteiger partial charge < -0.3 is 14.6 Å². The van der Waals surface area contributed by atoms with E-state index < -0.39 is 6.10 Å². The lowest BCUT2D eigenvalue weighted by atomic mass is 9.97. The Morgan fingerprint density at radius 2 is 1.57 bits per heavy atom. The van der Waals surface area contributed by atoms with Crippen LogP contribution in [-0.4, -0.2) is 35.4 Å². The molecule has 28 heavy (non-hydrogen) atoms. The number of carbonyl (C=O) groups excluding carboxylic acids is 2. The van der Waals surface area contributed by atoms with Crippen LogP contribution in [0.25, 0.3) is 0 Å². The van der Waals surface area contributed by atoms with Gasteiger partial charge in [-0.05, 0) is 52.5 Å². The number of ether oxygens (including phenoxy) is 2. The third-order valence-electron chi connectivity index (χ3n) is 3.21. The highest BCUT2D eigenvalue weighted by Crippen LogP contribution is 2.14.